The second kappa shape index (κ2) is 6.50. The Hall–Kier alpha value is -0.860. The smallest absolute Gasteiger partial charge is 0.0449 e. The first kappa shape index (κ1) is 15.1. The van der Waals surface area contributed by atoms with E-state index < -0.39 is 0 Å². The molecule has 0 radical (unpaired) electrons. The van der Waals surface area contributed by atoms with Crippen LogP contribution < -0.4 is 5.32 Å². The normalized spacial score (nSPS) is 23.5. The molecule has 116 valence electrons. The van der Waals surface area contributed by atoms with Gasteiger partial charge in [0.15, 0.2) is 0 Å². The van der Waals surface area contributed by atoms with Crippen molar-refractivity contribution in [1.29, 1.82) is 0 Å². The summed E-state index contributed by atoms with van der Waals surface area (Å²) in [5, 5.41) is 3.53. The summed E-state index contributed by atoms with van der Waals surface area (Å²) < 4.78 is 0. The van der Waals surface area contributed by atoms with Crippen molar-refractivity contribution in [3.63, 3.8) is 0 Å². The van der Waals surface area contributed by atoms with E-state index in [0.717, 1.165) is 12.0 Å². The fourth-order valence-electron chi connectivity index (χ4n) is 4.42. The number of hydrogen-bond donors (Lipinski definition) is 1. The quantitative estimate of drug-likeness (QED) is 0.902. The zero-order valence-electron chi connectivity index (χ0n) is 13.7. The van der Waals surface area contributed by atoms with Crippen molar-refractivity contribution in [3.8, 4) is 0 Å². The standard InChI is InChI=1S/C19H30N2/c1-16-7-3-4-8-17(16)18(20-2)15-21-13-11-19(12-14-21)9-5-6-10-19/h3-4,7-8,18,20H,5-6,9-15H2,1-2H3. The molecule has 3 rings (SSSR count). The fraction of sp³-hybridized carbons (Fsp3) is 0.684. The lowest BCUT2D eigenvalue weighted by Crippen LogP contribution is -2.42. The second-order valence-electron chi connectivity index (χ2n) is 7.21. The summed E-state index contributed by atoms with van der Waals surface area (Å²) in [4.78, 5) is 2.68. The maximum absolute atomic E-state index is 3.53. The molecule has 2 fully saturated rings. The highest BCUT2D eigenvalue weighted by Gasteiger charge is 2.37. The van der Waals surface area contributed by atoms with Crippen molar-refractivity contribution < 1.29 is 0 Å². The Morgan fingerprint density at radius 3 is 2.38 bits per heavy atom. The number of hydrogen-bond acceptors (Lipinski definition) is 2. The van der Waals surface area contributed by atoms with Crippen molar-refractivity contribution >= 4 is 0 Å². The largest absolute Gasteiger partial charge is 0.312 e. The first-order valence-electron chi connectivity index (χ1n) is 8.68. The van der Waals surface area contributed by atoms with E-state index in [0.29, 0.717) is 6.04 Å². The number of likely N-dealkylation sites (tertiary alicyclic amines) is 1. The third-order valence-corrected chi connectivity index (χ3v) is 5.93. The van der Waals surface area contributed by atoms with E-state index in [1.54, 1.807) is 0 Å². The van der Waals surface area contributed by atoms with Gasteiger partial charge >= 0.3 is 0 Å². The number of aryl methyl sites for hydroxylation is 1. The van der Waals surface area contributed by atoms with Crippen LogP contribution >= 0.6 is 0 Å². The molecule has 2 aliphatic rings. The van der Waals surface area contributed by atoms with Crippen LogP contribution in [0, 0.1) is 12.3 Å². The molecular weight excluding hydrogens is 256 g/mol. The zero-order valence-corrected chi connectivity index (χ0v) is 13.7. The molecule has 1 heterocycles. The number of likely N-dealkylation sites (N-methyl/N-ethyl adjacent to an activating group) is 1. The molecule has 1 aromatic carbocycles. The molecule has 2 nitrogen and oxygen atoms in total. The highest BCUT2D eigenvalue weighted by Crippen LogP contribution is 2.46. The summed E-state index contributed by atoms with van der Waals surface area (Å²) in [5.74, 6) is 0. The molecule has 1 aliphatic carbocycles. The Morgan fingerprint density at radius 1 is 1.10 bits per heavy atom. The number of piperidine rings is 1. The summed E-state index contributed by atoms with van der Waals surface area (Å²) >= 11 is 0. The number of rotatable bonds is 4. The lowest BCUT2D eigenvalue weighted by atomic mass is 9.77. The topological polar surface area (TPSA) is 15.3 Å². The van der Waals surface area contributed by atoms with Gasteiger partial charge in [0.25, 0.3) is 0 Å². The van der Waals surface area contributed by atoms with E-state index in [4.69, 9.17) is 0 Å². The minimum Gasteiger partial charge on any atom is -0.312 e. The number of nitrogens with one attached hydrogen (secondary N) is 1. The molecule has 1 aliphatic heterocycles. The van der Waals surface area contributed by atoms with E-state index in [-0.39, 0.29) is 0 Å². The number of benzene rings is 1. The summed E-state index contributed by atoms with van der Waals surface area (Å²) in [5.41, 5.74) is 3.59. The van der Waals surface area contributed by atoms with Gasteiger partial charge in [-0.25, -0.2) is 0 Å². The summed E-state index contributed by atoms with van der Waals surface area (Å²) in [6, 6.07) is 9.26. The average Bonchev–Trinajstić information content (AvgIpc) is 2.96. The van der Waals surface area contributed by atoms with E-state index in [1.165, 1.54) is 62.7 Å². The molecule has 1 saturated carbocycles. The minimum absolute atomic E-state index is 0.462. The van der Waals surface area contributed by atoms with Crippen LogP contribution in [-0.4, -0.2) is 31.6 Å². The maximum Gasteiger partial charge on any atom is 0.0449 e. The van der Waals surface area contributed by atoms with Gasteiger partial charge in [-0.2, -0.15) is 0 Å². The molecule has 0 aromatic heterocycles. The Kier molecular flexibility index (Phi) is 4.66. The van der Waals surface area contributed by atoms with Gasteiger partial charge in [-0.1, -0.05) is 37.1 Å². The van der Waals surface area contributed by atoms with E-state index in [2.05, 4.69) is 48.5 Å². The first-order chi connectivity index (χ1) is 10.2. The van der Waals surface area contributed by atoms with Gasteiger partial charge in [0.05, 0.1) is 0 Å². The molecule has 21 heavy (non-hydrogen) atoms. The maximum atomic E-state index is 3.53. The Bertz CT molecular complexity index is 452. The SMILES string of the molecule is CNC(CN1CCC2(CCCC2)CC1)c1ccccc1C. The Morgan fingerprint density at radius 2 is 1.76 bits per heavy atom. The monoisotopic (exact) mass is 286 g/mol. The van der Waals surface area contributed by atoms with Gasteiger partial charge in [0.1, 0.15) is 0 Å². The van der Waals surface area contributed by atoms with Crippen LogP contribution in [0.3, 0.4) is 0 Å². The molecule has 1 saturated heterocycles. The number of nitrogens with zero attached hydrogens (tertiary/aromatic N) is 1. The minimum atomic E-state index is 0.462. The third-order valence-electron chi connectivity index (χ3n) is 5.93. The van der Waals surface area contributed by atoms with Crippen LogP contribution in [-0.2, 0) is 0 Å². The average molecular weight is 286 g/mol. The van der Waals surface area contributed by atoms with Crippen LogP contribution in [0.4, 0.5) is 0 Å². The van der Waals surface area contributed by atoms with Crippen LogP contribution in [0.2, 0.25) is 0 Å². The predicted octanol–water partition coefficient (Wildman–Crippen LogP) is 3.91. The molecule has 1 aromatic rings. The molecule has 0 amide bonds. The highest BCUT2D eigenvalue weighted by molar-refractivity contribution is 5.29. The molecule has 1 atom stereocenters. The van der Waals surface area contributed by atoms with Gasteiger partial charge in [-0.15, -0.1) is 0 Å². The van der Waals surface area contributed by atoms with Gasteiger partial charge < -0.3 is 10.2 Å². The van der Waals surface area contributed by atoms with Gasteiger partial charge in [-0.3, -0.25) is 0 Å². The van der Waals surface area contributed by atoms with Crippen LogP contribution in [0.1, 0.15) is 55.7 Å². The van der Waals surface area contributed by atoms with Crippen LogP contribution in [0.5, 0.6) is 0 Å². The van der Waals surface area contributed by atoms with Gasteiger partial charge in [0, 0.05) is 12.6 Å². The molecule has 1 N–H and O–H groups in total. The van der Waals surface area contributed by atoms with Crippen molar-refractivity contribution in [3.05, 3.63) is 35.4 Å². The van der Waals surface area contributed by atoms with E-state index in [1.807, 2.05) is 0 Å². The molecule has 1 spiro atoms. The molecule has 1 unspecified atom stereocenters. The van der Waals surface area contributed by atoms with Gasteiger partial charge in [0.2, 0.25) is 0 Å². The fourth-order valence-corrected chi connectivity index (χ4v) is 4.42. The van der Waals surface area contributed by atoms with E-state index in [9.17, 15) is 0 Å². The summed E-state index contributed by atoms with van der Waals surface area (Å²) in [7, 11) is 2.10. The Balaban J connectivity index is 1.60. The predicted molar refractivity (Wildman–Crippen MR) is 89.6 cm³/mol. The summed E-state index contributed by atoms with van der Waals surface area (Å²) in [6.07, 6.45) is 8.79. The van der Waals surface area contributed by atoms with Crippen molar-refractivity contribution in [2.75, 3.05) is 26.7 Å². The summed E-state index contributed by atoms with van der Waals surface area (Å²) in [6.45, 7) is 5.97. The van der Waals surface area contributed by atoms with Crippen LogP contribution in [0.15, 0.2) is 24.3 Å². The molecule has 0 bridgehead atoms. The molecule has 2 heteroatoms. The van der Waals surface area contributed by atoms with Crippen molar-refractivity contribution in [1.82, 2.24) is 10.2 Å². The lowest BCUT2D eigenvalue weighted by molar-refractivity contribution is 0.101. The second-order valence-corrected chi connectivity index (χ2v) is 7.21. The van der Waals surface area contributed by atoms with E-state index >= 15 is 0 Å². The van der Waals surface area contributed by atoms with Crippen LogP contribution in [0.25, 0.3) is 0 Å². The van der Waals surface area contributed by atoms with Crippen molar-refractivity contribution in [2.45, 2.75) is 51.5 Å². The molecular formula is C19H30N2. The Labute approximate surface area is 129 Å². The first-order valence-corrected chi connectivity index (χ1v) is 8.68. The van der Waals surface area contributed by atoms with Gasteiger partial charge in [-0.05, 0) is 69.3 Å². The van der Waals surface area contributed by atoms with Crippen molar-refractivity contribution in [2.24, 2.45) is 5.41 Å². The highest BCUT2D eigenvalue weighted by atomic mass is 15.2. The third kappa shape index (κ3) is 3.32. The zero-order chi connectivity index (χ0) is 14.7. The lowest BCUT2D eigenvalue weighted by Gasteiger charge is -2.40.